The Labute approximate surface area is 74.8 Å². The highest BCUT2D eigenvalue weighted by Crippen LogP contribution is 1.99. The largest absolute Gasteiger partial charge is 0.386 e. The van der Waals surface area contributed by atoms with E-state index in [0.717, 1.165) is 11.6 Å². The number of aryl methyl sites for hydroxylation is 1. The van der Waals surface area contributed by atoms with Gasteiger partial charge in [-0.25, -0.2) is 0 Å². The molecule has 0 atom stereocenters. The summed E-state index contributed by atoms with van der Waals surface area (Å²) >= 11 is 0. The van der Waals surface area contributed by atoms with E-state index in [2.05, 4.69) is 31.2 Å². The van der Waals surface area contributed by atoms with Crippen LogP contribution in [0.25, 0.3) is 0 Å². The Morgan fingerprint density at radius 1 is 1.42 bits per heavy atom. The van der Waals surface area contributed by atoms with Gasteiger partial charge in [-0.15, -0.1) is 0 Å². The van der Waals surface area contributed by atoms with Crippen LogP contribution in [-0.4, -0.2) is 16.8 Å². The van der Waals surface area contributed by atoms with Gasteiger partial charge in [-0.3, -0.25) is 4.68 Å². The fraction of sp³-hybridized carbons (Fsp3) is 0.667. The minimum absolute atomic E-state index is 0.833. The molecule has 70 valence electrons. The molecule has 0 fully saturated rings. The zero-order valence-electron chi connectivity index (χ0n) is 8.63. The van der Waals surface area contributed by atoms with Crippen LogP contribution in [-0.2, 0) is 7.05 Å². The van der Waals surface area contributed by atoms with Crippen LogP contribution in [0.15, 0.2) is 12.4 Å². The van der Waals surface area contributed by atoms with Gasteiger partial charge in [0.1, 0.15) is 0 Å². The molecule has 0 saturated heterocycles. The average molecular weight is 169 g/mol. The topological polar surface area (TPSA) is 29.9 Å². The molecule has 0 amide bonds. The standard InChI is InChI=1S/C5H9N3.C4H10/c1-6-5-3-7-8(2)4-5;1-4(2)3/h3-4,6H,1-2H3;4H,1-3H3. The Kier molecular flexibility index (Phi) is 5.17. The van der Waals surface area contributed by atoms with Gasteiger partial charge in [0.05, 0.1) is 11.9 Å². The Balaban J connectivity index is 0.000000261. The van der Waals surface area contributed by atoms with E-state index in [1.807, 2.05) is 20.3 Å². The molecular formula is C9H19N3. The van der Waals surface area contributed by atoms with Crippen molar-refractivity contribution in [2.75, 3.05) is 12.4 Å². The normalized spacial score (nSPS) is 9.17. The van der Waals surface area contributed by atoms with Crippen molar-refractivity contribution >= 4 is 5.69 Å². The first-order chi connectivity index (χ1) is 5.56. The van der Waals surface area contributed by atoms with Crippen LogP contribution in [0.2, 0.25) is 0 Å². The lowest BCUT2D eigenvalue weighted by Crippen LogP contribution is -1.85. The van der Waals surface area contributed by atoms with Gasteiger partial charge >= 0.3 is 0 Å². The zero-order chi connectivity index (χ0) is 9.56. The van der Waals surface area contributed by atoms with Crippen molar-refractivity contribution in [3.63, 3.8) is 0 Å². The van der Waals surface area contributed by atoms with Gasteiger partial charge < -0.3 is 5.32 Å². The van der Waals surface area contributed by atoms with Crippen molar-refractivity contribution < 1.29 is 0 Å². The van der Waals surface area contributed by atoms with Crippen molar-refractivity contribution in [3.05, 3.63) is 12.4 Å². The third-order valence-electron chi connectivity index (χ3n) is 0.994. The van der Waals surface area contributed by atoms with Gasteiger partial charge in [0.25, 0.3) is 0 Å². The van der Waals surface area contributed by atoms with Gasteiger partial charge in [0, 0.05) is 20.3 Å². The van der Waals surface area contributed by atoms with Crippen LogP contribution in [0.1, 0.15) is 20.8 Å². The molecule has 0 aliphatic carbocycles. The molecule has 1 rings (SSSR count). The first-order valence-electron chi connectivity index (χ1n) is 4.22. The van der Waals surface area contributed by atoms with E-state index in [1.165, 1.54) is 0 Å². The Hall–Kier alpha value is -0.990. The van der Waals surface area contributed by atoms with Crippen LogP contribution < -0.4 is 5.32 Å². The lowest BCUT2D eigenvalue weighted by molar-refractivity contribution is 0.737. The summed E-state index contributed by atoms with van der Waals surface area (Å²) < 4.78 is 1.76. The van der Waals surface area contributed by atoms with Crippen LogP contribution in [0.3, 0.4) is 0 Å². The first-order valence-corrected chi connectivity index (χ1v) is 4.22. The summed E-state index contributed by atoms with van der Waals surface area (Å²) in [6.45, 7) is 6.50. The van der Waals surface area contributed by atoms with Gasteiger partial charge in [-0.1, -0.05) is 20.8 Å². The summed E-state index contributed by atoms with van der Waals surface area (Å²) in [7, 11) is 3.76. The van der Waals surface area contributed by atoms with Crippen molar-refractivity contribution in [1.29, 1.82) is 0 Å². The van der Waals surface area contributed by atoms with Gasteiger partial charge in [0.2, 0.25) is 0 Å². The SMILES string of the molecule is CC(C)C.CNc1cnn(C)c1. The summed E-state index contributed by atoms with van der Waals surface area (Å²) in [6, 6.07) is 0. The fourth-order valence-corrected chi connectivity index (χ4v) is 0.550. The van der Waals surface area contributed by atoms with Crippen molar-refractivity contribution in [2.45, 2.75) is 20.8 Å². The predicted molar refractivity (Wildman–Crippen MR) is 53.3 cm³/mol. The van der Waals surface area contributed by atoms with E-state index >= 15 is 0 Å². The Morgan fingerprint density at radius 3 is 2.08 bits per heavy atom. The van der Waals surface area contributed by atoms with Crippen molar-refractivity contribution in [3.8, 4) is 0 Å². The molecule has 0 spiro atoms. The second kappa shape index (κ2) is 5.63. The molecule has 0 radical (unpaired) electrons. The fourth-order valence-electron chi connectivity index (χ4n) is 0.550. The highest BCUT2D eigenvalue weighted by molar-refractivity contribution is 5.36. The Morgan fingerprint density at radius 2 is 1.92 bits per heavy atom. The smallest absolute Gasteiger partial charge is 0.0723 e. The van der Waals surface area contributed by atoms with Crippen LogP contribution in [0, 0.1) is 5.92 Å². The third-order valence-corrected chi connectivity index (χ3v) is 0.994. The van der Waals surface area contributed by atoms with E-state index in [4.69, 9.17) is 0 Å². The maximum atomic E-state index is 3.94. The number of hydrogen-bond donors (Lipinski definition) is 1. The minimum atomic E-state index is 0.833. The molecule has 1 aromatic heterocycles. The monoisotopic (exact) mass is 169 g/mol. The van der Waals surface area contributed by atoms with E-state index in [0.29, 0.717) is 0 Å². The number of aromatic nitrogens is 2. The number of hydrogen-bond acceptors (Lipinski definition) is 2. The molecule has 0 aliphatic heterocycles. The molecule has 1 aromatic rings. The molecule has 0 bridgehead atoms. The summed E-state index contributed by atoms with van der Waals surface area (Å²) in [4.78, 5) is 0. The summed E-state index contributed by atoms with van der Waals surface area (Å²) in [6.07, 6.45) is 3.69. The highest BCUT2D eigenvalue weighted by Gasteiger charge is 1.86. The van der Waals surface area contributed by atoms with Gasteiger partial charge in [0.15, 0.2) is 0 Å². The number of nitrogens with one attached hydrogen (secondary N) is 1. The molecule has 0 aliphatic rings. The van der Waals surface area contributed by atoms with E-state index in [1.54, 1.807) is 10.9 Å². The quantitative estimate of drug-likeness (QED) is 0.698. The van der Waals surface area contributed by atoms with Crippen LogP contribution >= 0.6 is 0 Å². The molecule has 12 heavy (non-hydrogen) atoms. The number of rotatable bonds is 1. The van der Waals surface area contributed by atoms with Gasteiger partial charge in [-0.05, 0) is 5.92 Å². The average Bonchev–Trinajstić information content (AvgIpc) is 2.34. The second-order valence-electron chi connectivity index (χ2n) is 3.38. The van der Waals surface area contributed by atoms with Gasteiger partial charge in [-0.2, -0.15) is 5.10 Å². The molecule has 0 saturated carbocycles. The minimum Gasteiger partial charge on any atom is -0.386 e. The van der Waals surface area contributed by atoms with Crippen LogP contribution in [0.4, 0.5) is 5.69 Å². The molecule has 0 unspecified atom stereocenters. The highest BCUT2D eigenvalue weighted by atomic mass is 15.2. The predicted octanol–water partition coefficient (Wildman–Crippen LogP) is 2.12. The van der Waals surface area contributed by atoms with Crippen LogP contribution in [0.5, 0.6) is 0 Å². The lowest BCUT2D eigenvalue weighted by Gasteiger charge is -1.86. The molecule has 3 nitrogen and oxygen atoms in total. The van der Waals surface area contributed by atoms with Crippen molar-refractivity contribution in [1.82, 2.24) is 9.78 Å². The molecular weight excluding hydrogens is 150 g/mol. The molecule has 0 aromatic carbocycles. The first kappa shape index (κ1) is 11.0. The summed E-state index contributed by atoms with van der Waals surface area (Å²) in [5.74, 6) is 0.833. The number of nitrogens with zero attached hydrogens (tertiary/aromatic N) is 2. The second-order valence-corrected chi connectivity index (χ2v) is 3.38. The lowest BCUT2D eigenvalue weighted by atomic mass is 10.3. The molecule has 1 N–H and O–H groups in total. The maximum Gasteiger partial charge on any atom is 0.0723 e. The summed E-state index contributed by atoms with van der Waals surface area (Å²) in [5.41, 5.74) is 1.05. The van der Waals surface area contributed by atoms with E-state index in [-0.39, 0.29) is 0 Å². The van der Waals surface area contributed by atoms with E-state index in [9.17, 15) is 0 Å². The maximum absolute atomic E-state index is 3.94. The van der Waals surface area contributed by atoms with Crippen molar-refractivity contribution in [2.24, 2.45) is 13.0 Å². The zero-order valence-corrected chi connectivity index (χ0v) is 8.63. The molecule has 3 heteroatoms. The summed E-state index contributed by atoms with van der Waals surface area (Å²) in [5, 5.41) is 6.91. The third kappa shape index (κ3) is 5.77. The van der Waals surface area contributed by atoms with E-state index < -0.39 is 0 Å². The Bertz CT molecular complexity index is 201. The number of anilines is 1. The molecule has 1 heterocycles.